The first-order valence-corrected chi connectivity index (χ1v) is 7.88. The Bertz CT molecular complexity index is 575. The molecule has 1 aliphatic rings. The molecule has 4 heteroatoms. The third-order valence-corrected chi connectivity index (χ3v) is 4.71. The Balaban J connectivity index is 1.52. The Morgan fingerprint density at radius 3 is 2.80 bits per heavy atom. The molecule has 0 unspecified atom stereocenters. The average molecular weight is 286 g/mol. The molecule has 0 aliphatic heterocycles. The first kappa shape index (κ1) is 13.3. The fourth-order valence-electron chi connectivity index (χ4n) is 2.29. The van der Waals surface area contributed by atoms with Crippen LogP contribution in [0.5, 0.6) is 0 Å². The SMILES string of the molecule is O=C(NCc1ncc(Cc2ccccc2)s1)C1CCC1. The molecule has 0 atom stereocenters. The molecule has 2 aromatic rings. The Kier molecular flexibility index (Phi) is 4.11. The number of nitrogens with one attached hydrogen (secondary N) is 1. The summed E-state index contributed by atoms with van der Waals surface area (Å²) >= 11 is 1.68. The monoisotopic (exact) mass is 286 g/mol. The molecule has 1 aromatic heterocycles. The summed E-state index contributed by atoms with van der Waals surface area (Å²) in [7, 11) is 0. The average Bonchev–Trinajstić information content (AvgIpc) is 2.83. The number of rotatable bonds is 5. The molecule has 104 valence electrons. The van der Waals surface area contributed by atoms with Crippen molar-refractivity contribution >= 4 is 17.2 Å². The van der Waals surface area contributed by atoms with E-state index in [0.29, 0.717) is 6.54 Å². The van der Waals surface area contributed by atoms with Crippen LogP contribution in [0, 0.1) is 5.92 Å². The Morgan fingerprint density at radius 2 is 2.10 bits per heavy atom. The van der Waals surface area contributed by atoms with Crippen LogP contribution in [0.3, 0.4) is 0 Å². The van der Waals surface area contributed by atoms with Crippen molar-refractivity contribution in [3.63, 3.8) is 0 Å². The predicted octanol–water partition coefficient (Wildman–Crippen LogP) is 3.15. The molecular formula is C16H18N2OS. The van der Waals surface area contributed by atoms with Crippen molar-refractivity contribution in [2.24, 2.45) is 5.92 Å². The molecule has 0 saturated heterocycles. The summed E-state index contributed by atoms with van der Waals surface area (Å²) in [5.74, 6) is 0.440. The van der Waals surface area contributed by atoms with Gasteiger partial charge >= 0.3 is 0 Å². The molecule has 0 radical (unpaired) electrons. The van der Waals surface area contributed by atoms with Crippen LogP contribution in [0.15, 0.2) is 36.5 Å². The van der Waals surface area contributed by atoms with E-state index in [1.165, 1.54) is 16.9 Å². The van der Waals surface area contributed by atoms with E-state index in [2.05, 4.69) is 34.6 Å². The van der Waals surface area contributed by atoms with E-state index in [9.17, 15) is 4.79 Å². The van der Waals surface area contributed by atoms with Gasteiger partial charge in [-0.25, -0.2) is 4.98 Å². The number of hydrogen-bond acceptors (Lipinski definition) is 3. The van der Waals surface area contributed by atoms with Gasteiger partial charge in [-0.1, -0.05) is 36.8 Å². The standard InChI is InChI=1S/C16H18N2OS/c19-16(13-7-4-8-13)18-11-15-17-10-14(20-15)9-12-5-2-1-3-6-12/h1-3,5-6,10,13H,4,7-9,11H2,(H,18,19). The molecule has 1 N–H and O–H groups in total. The van der Waals surface area contributed by atoms with Crippen molar-refractivity contribution in [2.75, 3.05) is 0 Å². The highest BCUT2D eigenvalue weighted by molar-refractivity contribution is 7.11. The Hall–Kier alpha value is -1.68. The van der Waals surface area contributed by atoms with Crippen LogP contribution in [0.1, 0.15) is 34.7 Å². The fraction of sp³-hybridized carbons (Fsp3) is 0.375. The molecular weight excluding hydrogens is 268 g/mol. The molecule has 0 spiro atoms. The molecule has 3 rings (SSSR count). The molecule has 1 amide bonds. The number of amides is 1. The zero-order valence-corrected chi connectivity index (χ0v) is 12.2. The van der Waals surface area contributed by atoms with Crippen LogP contribution in [-0.2, 0) is 17.8 Å². The molecule has 1 aliphatic carbocycles. The van der Waals surface area contributed by atoms with Crippen molar-refractivity contribution in [1.82, 2.24) is 10.3 Å². The molecule has 1 fully saturated rings. The molecule has 3 nitrogen and oxygen atoms in total. The van der Waals surface area contributed by atoms with Crippen LogP contribution >= 0.6 is 11.3 Å². The second kappa shape index (κ2) is 6.18. The number of carbonyl (C=O) groups is 1. The van der Waals surface area contributed by atoms with Crippen molar-refractivity contribution in [3.8, 4) is 0 Å². The van der Waals surface area contributed by atoms with Crippen molar-refractivity contribution in [1.29, 1.82) is 0 Å². The Labute approximate surface area is 123 Å². The van der Waals surface area contributed by atoms with Crippen molar-refractivity contribution in [3.05, 3.63) is 52.0 Å². The zero-order chi connectivity index (χ0) is 13.8. The van der Waals surface area contributed by atoms with E-state index in [-0.39, 0.29) is 11.8 Å². The lowest BCUT2D eigenvalue weighted by atomic mass is 9.85. The van der Waals surface area contributed by atoms with Gasteiger partial charge in [0.1, 0.15) is 5.01 Å². The molecule has 1 heterocycles. The summed E-state index contributed by atoms with van der Waals surface area (Å²) in [6.45, 7) is 0.564. The minimum Gasteiger partial charge on any atom is -0.349 e. The number of hydrogen-bond donors (Lipinski definition) is 1. The molecule has 0 bridgehead atoms. The van der Waals surface area contributed by atoms with Crippen LogP contribution in [0.4, 0.5) is 0 Å². The van der Waals surface area contributed by atoms with E-state index in [4.69, 9.17) is 0 Å². The second-order valence-corrected chi connectivity index (χ2v) is 6.43. The van der Waals surface area contributed by atoms with Crippen LogP contribution < -0.4 is 5.32 Å². The summed E-state index contributed by atoms with van der Waals surface area (Å²) < 4.78 is 0. The van der Waals surface area contributed by atoms with Gasteiger partial charge in [0.2, 0.25) is 5.91 Å². The highest BCUT2D eigenvalue weighted by Crippen LogP contribution is 2.26. The lowest BCUT2D eigenvalue weighted by Gasteiger charge is -2.23. The number of carbonyl (C=O) groups excluding carboxylic acids is 1. The lowest BCUT2D eigenvalue weighted by molar-refractivity contribution is -0.127. The first-order chi connectivity index (χ1) is 9.81. The highest BCUT2D eigenvalue weighted by atomic mass is 32.1. The van der Waals surface area contributed by atoms with E-state index in [1.54, 1.807) is 11.3 Å². The van der Waals surface area contributed by atoms with Gasteiger partial charge in [-0.3, -0.25) is 4.79 Å². The van der Waals surface area contributed by atoms with Gasteiger partial charge in [-0.05, 0) is 18.4 Å². The summed E-state index contributed by atoms with van der Waals surface area (Å²) in [6.07, 6.45) is 6.11. The topological polar surface area (TPSA) is 42.0 Å². The third-order valence-electron chi connectivity index (χ3n) is 3.71. The highest BCUT2D eigenvalue weighted by Gasteiger charge is 2.24. The summed E-state index contributed by atoms with van der Waals surface area (Å²) in [5, 5.41) is 3.98. The van der Waals surface area contributed by atoms with Gasteiger partial charge in [0.15, 0.2) is 0 Å². The van der Waals surface area contributed by atoms with Gasteiger partial charge in [-0.15, -0.1) is 11.3 Å². The minimum atomic E-state index is 0.191. The summed E-state index contributed by atoms with van der Waals surface area (Å²) in [5.41, 5.74) is 1.29. The van der Waals surface area contributed by atoms with Gasteiger partial charge in [0, 0.05) is 23.4 Å². The zero-order valence-electron chi connectivity index (χ0n) is 11.3. The second-order valence-electron chi connectivity index (χ2n) is 5.23. The van der Waals surface area contributed by atoms with Gasteiger partial charge < -0.3 is 5.32 Å². The normalized spacial score (nSPS) is 14.8. The van der Waals surface area contributed by atoms with Crippen molar-refractivity contribution < 1.29 is 4.79 Å². The van der Waals surface area contributed by atoms with E-state index < -0.39 is 0 Å². The van der Waals surface area contributed by atoms with E-state index >= 15 is 0 Å². The van der Waals surface area contributed by atoms with Gasteiger partial charge in [0.05, 0.1) is 6.54 Å². The number of aromatic nitrogens is 1. The maximum atomic E-state index is 11.8. The molecule has 1 saturated carbocycles. The van der Waals surface area contributed by atoms with Gasteiger partial charge in [0.25, 0.3) is 0 Å². The van der Waals surface area contributed by atoms with E-state index in [1.807, 2.05) is 12.3 Å². The first-order valence-electron chi connectivity index (χ1n) is 7.06. The van der Waals surface area contributed by atoms with E-state index in [0.717, 1.165) is 24.3 Å². The maximum Gasteiger partial charge on any atom is 0.223 e. The molecule has 1 aromatic carbocycles. The summed E-state index contributed by atoms with van der Waals surface area (Å²) in [4.78, 5) is 17.4. The van der Waals surface area contributed by atoms with Crippen LogP contribution in [-0.4, -0.2) is 10.9 Å². The van der Waals surface area contributed by atoms with Crippen LogP contribution in [0.25, 0.3) is 0 Å². The minimum absolute atomic E-state index is 0.191. The maximum absolute atomic E-state index is 11.8. The summed E-state index contributed by atoms with van der Waals surface area (Å²) in [6, 6.07) is 10.4. The lowest BCUT2D eigenvalue weighted by Crippen LogP contribution is -2.33. The van der Waals surface area contributed by atoms with Crippen molar-refractivity contribution in [2.45, 2.75) is 32.2 Å². The Morgan fingerprint density at radius 1 is 1.30 bits per heavy atom. The smallest absolute Gasteiger partial charge is 0.223 e. The van der Waals surface area contributed by atoms with Crippen LogP contribution in [0.2, 0.25) is 0 Å². The largest absolute Gasteiger partial charge is 0.349 e. The fourth-order valence-corrected chi connectivity index (χ4v) is 3.18. The quantitative estimate of drug-likeness (QED) is 0.917. The molecule has 20 heavy (non-hydrogen) atoms. The van der Waals surface area contributed by atoms with Gasteiger partial charge in [-0.2, -0.15) is 0 Å². The number of nitrogens with zero attached hydrogens (tertiary/aromatic N) is 1. The predicted molar refractivity (Wildman–Crippen MR) is 80.5 cm³/mol. The third kappa shape index (κ3) is 3.25. The number of thiazole rings is 1. The number of benzene rings is 1.